The summed E-state index contributed by atoms with van der Waals surface area (Å²) < 4.78 is 1.88. The lowest BCUT2D eigenvalue weighted by molar-refractivity contribution is 0.0697. The molecule has 1 N–H and O–H groups in total. The first-order valence-electron chi connectivity index (χ1n) is 7.32. The Bertz CT molecular complexity index is 1030. The molecule has 0 saturated carbocycles. The van der Waals surface area contributed by atoms with Crippen LogP contribution in [-0.4, -0.2) is 30.6 Å². The van der Waals surface area contributed by atoms with E-state index < -0.39 is 5.97 Å². The summed E-state index contributed by atoms with van der Waals surface area (Å²) in [4.78, 5) is 24.6. The van der Waals surface area contributed by atoms with Crippen molar-refractivity contribution in [2.24, 2.45) is 0 Å². The summed E-state index contributed by atoms with van der Waals surface area (Å²) in [7, 11) is 0. The molecule has 116 valence electrons. The van der Waals surface area contributed by atoms with E-state index in [2.05, 4.69) is 15.0 Å². The van der Waals surface area contributed by atoms with E-state index in [1.165, 1.54) is 0 Å². The number of aromatic carboxylic acids is 1. The molecule has 4 aromatic rings. The molecular weight excluding hydrogens is 304 g/mol. The quantitative estimate of drug-likeness (QED) is 0.628. The minimum Gasteiger partial charge on any atom is -0.478 e. The van der Waals surface area contributed by atoms with E-state index in [-0.39, 0.29) is 5.56 Å². The highest BCUT2D eigenvalue weighted by atomic mass is 16.4. The molecule has 0 bridgehead atoms. The van der Waals surface area contributed by atoms with Crippen LogP contribution in [0.15, 0.2) is 67.0 Å². The Kier molecular flexibility index (Phi) is 3.28. The number of carbonyl (C=O) groups is 1. The van der Waals surface area contributed by atoms with Crippen molar-refractivity contribution in [1.29, 1.82) is 0 Å². The third-order valence-corrected chi connectivity index (χ3v) is 3.67. The number of pyridine rings is 2. The number of aromatic nitrogens is 4. The summed E-state index contributed by atoms with van der Waals surface area (Å²) in [5.41, 5.74) is 2.25. The largest absolute Gasteiger partial charge is 0.478 e. The first-order chi connectivity index (χ1) is 11.7. The number of hydrogen-bond acceptors (Lipinski definition) is 4. The molecule has 0 spiro atoms. The fraction of sp³-hybridized carbons (Fsp3) is 0. The van der Waals surface area contributed by atoms with Crippen LogP contribution in [0.4, 0.5) is 0 Å². The van der Waals surface area contributed by atoms with Gasteiger partial charge in [0.2, 0.25) is 0 Å². The van der Waals surface area contributed by atoms with Crippen LogP contribution in [0.1, 0.15) is 10.4 Å². The lowest BCUT2D eigenvalue weighted by Gasteiger charge is -2.07. The van der Waals surface area contributed by atoms with E-state index in [1.807, 2.05) is 41.0 Å². The smallest absolute Gasteiger partial charge is 0.335 e. The zero-order valence-electron chi connectivity index (χ0n) is 12.5. The van der Waals surface area contributed by atoms with Gasteiger partial charge in [-0.15, -0.1) is 0 Å². The highest BCUT2D eigenvalue weighted by Gasteiger charge is 2.17. The fourth-order valence-electron chi connectivity index (χ4n) is 2.60. The maximum Gasteiger partial charge on any atom is 0.335 e. The van der Waals surface area contributed by atoms with Crippen LogP contribution >= 0.6 is 0 Å². The van der Waals surface area contributed by atoms with Crippen molar-refractivity contribution in [1.82, 2.24) is 19.5 Å². The number of imidazole rings is 1. The van der Waals surface area contributed by atoms with Gasteiger partial charge in [-0.25, -0.2) is 14.8 Å². The van der Waals surface area contributed by atoms with Crippen LogP contribution in [0.2, 0.25) is 0 Å². The highest BCUT2D eigenvalue weighted by molar-refractivity contribution is 5.93. The summed E-state index contributed by atoms with van der Waals surface area (Å²) in [6.45, 7) is 0. The number of rotatable bonds is 3. The molecule has 0 aliphatic heterocycles. The van der Waals surface area contributed by atoms with Crippen molar-refractivity contribution in [2.75, 3.05) is 0 Å². The Balaban J connectivity index is 2.04. The number of carboxylic acid groups (broad SMARTS) is 1. The minimum atomic E-state index is -0.983. The molecule has 6 nitrogen and oxygen atoms in total. The van der Waals surface area contributed by atoms with Crippen molar-refractivity contribution in [3.8, 4) is 17.3 Å². The van der Waals surface area contributed by atoms with Gasteiger partial charge in [-0.1, -0.05) is 12.1 Å². The normalized spacial score (nSPS) is 10.8. The first kappa shape index (κ1) is 14.1. The number of carboxylic acids is 1. The summed E-state index contributed by atoms with van der Waals surface area (Å²) in [6, 6.07) is 16.0. The second-order valence-corrected chi connectivity index (χ2v) is 5.18. The summed E-state index contributed by atoms with van der Waals surface area (Å²) in [5, 5.41) is 9.20. The van der Waals surface area contributed by atoms with Crippen LogP contribution in [0, 0.1) is 0 Å². The molecule has 3 heterocycles. The van der Waals surface area contributed by atoms with Gasteiger partial charge < -0.3 is 5.11 Å². The summed E-state index contributed by atoms with van der Waals surface area (Å²) >= 11 is 0. The minimum absolute atomic E-state index is 0.195. The van der Waals surface area contributed by atoms with Gasteiger partial charge in [0.25, 0.3) is 0 Å². The van der Waals surface area contributed by atoms with E-state index in [1.54, 1.807) is 30.6 Å². The Labute approximate surface area is 137 Å². The predicted molar refractivity (Wildman–Crippen MR) is 89.1 cm³/mol. The van der Waals surface area contributed by atoms with Gasteiger partial charge in [-0.2, -0.15) is 0 Å². The van der Waals surface area contributed by atoms with Crippen LogP contribution in [-0.2, 0) is 0 Å². The zero-order valence-corrected chi connectivity index (χ0v) is 12.5. The fourth-order valence-corrected chi connectivity index (χ4v) is 2.60. The topological polar surface area (TPSA) is 80.9 Å². The zero-order chi connectivity index (χ0) is 16.5. The van der Waals surface area contributed by atoms with Gasteiger partial charge >= 0.3 is 5.97 Å². The molecular formula is C18H12N4O2. The van der Waals surface area contributed by atoms with Crippen LogP contribution in [0.3, 0.4) is 0 Å². The van der Waals surface area contributed by atoms with Crippen LogP contribution in [0.25, 0.3) is 28.4 Å². The number of fused-ring (bicyclic) bond motifs is 1. The molecule has 3 aromatic heterocycles. The number of hydrogen-bond donors (Lipinski definition) is 1. The average molecular weight is 316 g/mol. The Morgan fingerprint density at radius 2 is 1.75 bits per heavy atom. The second kappa shape index (κ2) is 5.58. The van der Waals surface area contributed by atoms with E-state index in [9.17, 15) is 9.90 Å². The van der Waals surface area contributed by atoms with E-state index in [4.69, 9.17) is 0 Å². The molecule has 0 saturated heterocycles. The average Bonchev–Trinajstić information content (AvgIpc) is 3.01. The van der Waals surface area contributed by atoms with Crippen molar-refractivity contribution < 1.29 is 9.90 Å². The molecule has 0 unspecified atom stereocenters. The molecule has 6 heteroatoms. The SMILES string of the molecule is O=C(O)c1ccc2c(c1)nc(-c1ccccn1)n2-c1ccccn1. The van der Waals surface area contributed by atoms with Gasteiger partial charge in [0.15, 0.2) is 5.82 Å². The number of nitrogens with zero attached hydrogens (tertiary/aromatic N) is 4. The summed E-state index contributed by atoms with van der Waals surface area (Å²) in [5.74, 6) is 0.333. The van der Waals surface area contributed by atoms with E-state index in [0.717, 1.165) is 5.52 Å². The lowest BCUT2D eigenvalue weighted by Crippen LogP contribution is -2.01. The van der Waals surface area contributed by atoms with E-state index in [0.29, 0.717) is 22.9 Å². The maximum absolute atomic E-state index is 11.2. The third-order valence-electron chi connectivity index (χ3n) is 3.67. The van der Waals surface area contributed by atoms with Gasteiger partial charge in [-0.05, 0) is 42.5 Å². The molecule has 4 rings (SSSR count). The Hall–Kier alpha value is -3.54. The standard InChI is InChI=1S/C18H12N4O2/c23-18(24)12-7-8-15-14(11-12)21-17(13-5-1-3-9-19-13)22(15)16-6-2-4-10-20-16/h1-11H,(H,23,24). The molecule has 0 aliphatic rings. The van der Waals surface area contributed by atoms with Crippen LogP contribution < -0.4 is 0 Å². The molecule has 0 radical (unpaired) electrons. The van der Waals surface area contributed by atoms with Gasteiger partial charge in [-0.3, -0.25) is 9.55 Å². The van der Waals surface area contributed by atoms with Gasteiger partial charge in [0.05, 0.1) is 16.6 Å². The van der Waals surface area contributed by atoms with E-state index >= 15 is 0 Å². The second-order valence-electron chi connectivity index (χ2n) is 5.18. The maximum atomic E-state index is 11.2. The molecule has 1 aromatic carbocycles. The van der Waals surface area contributed by atoms with Crippen LogP contribution in [0.5, 0.6) is 0 Å². The Morgan fingerprint density at radius 1 is 0.958 bits per heavy atom. The molecule has 0 atom stereocenters. The monoisotopic (exact) mass is 316 g/mol. The molecule has 0 amide bonds. The van der Waals surface area contributed by atoms with Crippen molar-refractivity contribution in [3.63, 3.8) is 0 Å². The van der Waals surface area contributed by atoms with Gasteiger partial charge in [0.1, 0.15) is 11.5 Å². The number of benzene rings is 1. The highest BCUT2D eigenvalue weighted by Crippen LogP contribution is 2.27. The Morgan fingerprint density at radius 3 is 2.42 bits per heavy atom. The predicted octanol–water partition coefficient (Wildman–Crippen LogP) is 3.18. The summed E-state index contributed by atoms with van der Waals surface area (Å²) in [6.07, 6.45) is 3.40. The molecule has 24 heavy (non-hydrogen) atoms. The first-order valence-corrected chi connectivity index (χ1v) is 7.32. The van der Waals surface area contributed by atoms with Crippen molar-refractivity contribution in [3.05, 3.63) is 72.6 Å². The molecule has 0 aliphatic carbocycles. The van der Waals surface area contributed by atoms with Crippen molar-refractivity contribution in [2.45, 2.75) is 0 Å². The lowest BCUT2D eigenvalue weighted by atomic mass is 10.2. The third kappa shape index (κ3) is 2.30. The van der Waals surface area contributed by atoms with Gasteiger partial charge in [0, 0.05) is 12.4 Å². The molecule has 0 fully saturated rings. The van der Waals surface area contributed by atoms with Crippen molar-refractivity contribution >= 4 is 17.0 Å².